The predicted molar refractivity (Wildman–Crippen MR) is 78.3 cm³/mol. The zero-order valence-corrected chi connectivity index (χ0v) is 12.8. The molecule has 1 aromatic rings. The number of ether oxygens (including phenoxy) is 1. The van der Waals surface area contributed by atoms with Crippen LogP contribution in [0.25, 0.3) is 0 Å². The summed E-state index contributed by atoms with van der Waals surface area (Å²) in [5, 5.41) is 3.29. The lowest BCUT2D eigenvalue weighted by Gasteiger charge is -2.31. The third kappa shape index (κ3) is 4.06. The van der Waals surface area contributed by atoms with E-state index in [-0.39, 0.29) is 11.4 Å². The van der Waals surface area contributed by atoms with Gasteiger partial charge < -0.3 is 10.1 Å². The van der Waals surface area contributed by atoms with E-state index in [0.717, 1.165) is 0 Å². The summed E-state index contributed by atoms with van der Waals surface area (Å²) in [5.74, 6) is -0.243. The molecule has 1 N–H and O–H groups in total. The molecular weight excluding hydrogens is 238 g/mol. The molecule has 0 amide bonds. The van der Waals surface area contributed by atoms with E-state index in [1.165, 1.54) is 18.2 Å². The Labute approximate surface area is 116 Å². The fourth-order valence-corrected chi connectivity index (χ4v) is 1.88. The van der Waals surface area contributed by atoms with Crippen molar-refractivity contribution in [3.05, 3.63) is 35.4 Å². The van der Waals surface area contributed by atoms with Crippen LogP contribution in [0, 0.1) is 6.92 Å². The van der Waals surface area contributed by atoms with Gasteiger partial charge in [0, 0.05) is 12.0 Å². The molecule has 3 nitrogen and oxygen atoms in total. The molecule has 0 saturated carbocycles. The average molecular weight is 263 g/mol. The molecule has 3 heteroatoms. The maximum atomic E-state index is 11.6. The molecule has 0 heterocycles. The van der Waals surface area contributed by atoms with E-state index >= 15 is 0 Å². The van der Waals surface area contributed by atoms with Crippen LogP contribution >= 0.6 is 0 Å². The molecule has 0 unspecified atom stereocenters. The lowest BCUT2D eigenvalue weighted by molar-refractivity contribution is -0.147. The molecular formula is C16H25NO2. The lowest BCUT2D eigenvalue weighted by atomic mass is 9.83. The smallest absolute Gasteiger partial charge is 0.325 e. The molecule has 0 aliphatic heterocycles. The Morgan fingerprint density at radius 2 is 1.68 bits per heavy atom. The van der Waals surface area contributed by atoms with Gasteiger partial charge >= 0.3 is 5.97 Å². The van der Waals surface area contributed by atoms with Gasteiger partial charge in [0.1, 0.15) is 5.54 Å². The van der Waals surface area contributed by atoms with Crippen LogP contribution in [0.1, 0.15) is 38.8 Å². The van der Waals surface area contributed by atoms with Crippen LogP contribution in [-0.2, 0) is 14.9 Å². The Bertz CT molecular complexity index is 433. The van der Waals surface area contributed by atoms with E-state index in [1.54, 1.807) is 0 Å². The Kier molecular flexibility index (Phi) is 4.75. The number of rotatable bonds is 5. The number of carbonyl (C=O) groups is 1. The van der Waals surface area contributed by atoms with Crippen LogP contribution in [0.4, 0.5) is 0 Å². The van der Waals surface area contributed by atoms with E-state index in [9.17, 15) is 4.79 Å². The summed E-state index contributed by atoms with van der Waals surface area (Å²) in [6, 6.07) is 8.51. The highest BCUT2D eigenvalue weighted by Gasteiger charge is 2.31. The summed E-state index contributed by atoms with van der Waals surface area (Å²) >= 11 is 0. The number of nitrogens with one attached hydrogen (secondary N) is 1. The predicted octanol–water partition coefficient (Wildman–Crippen LogP) is 2.81. The minimum atomic E-state index is -0.670. The summed E-state index contributed by atoms with van der Waals surface area (Å²) < 4.78 is 4.80. The number of benzene rings is 1. The van der Waals surface area contributed by atoms with Crippen molar-refractivity contribution < 1.29 is 9.53 Å². The van der Waals surface area contributed by atoms with Crippen LogP contribution in [0.15, 0.2) is 24.3 Å². The molecule has 0 saturated heterocycles. The highest BCUT2D eigenvalue weighted by molar-refractivity contribution is 5.79. The lowest BCUT2D eigenvalue weighted by Crippen LogP contribution is -2.51. The number of methoxy groups -OCH3 is 1. The molecule has 0 atom stereocenters. The summed E-state index contributed by atoms with van der Waals surface area (Å²) in [5.41, 5.74) is 1.80. The van der Waals surface area contributed by atoms with Crippen molar-refractivity contribution in [2.45, 2.75) is 45.6 Å². The van der Waals surface area contributed by atoms with Crippen molar-refractivity contribution in [2.24, 2.45) is 0 Å². The van der Waals surface area contributed by atoms with Gasteiger partial charge in [-0.1, -0.05) is 43.7 Å². The fourth-order valence-electron chi connectivity index (χ4n) is 1.88. The minimum absolute atomic E-state index is 0.0427. The SMILES string of the molecule is COC(=O)C(C)(C)NCC(C)(C)c1ccc(C)cc1. The molecule has 0 aliphatic carbocycles. The molecule has 0 bridgehead atoms. The van der Waals surface area contributed by atoms with Crippen molar-refractivity contribution in [1.29, 1.82) is 0 Å². The molecule has 0 aliphatic rings. The monoisotopic (exact) mass is 263 g/mol. The van der Waals surface area contributed by atoms with Gasteiger partial charge in [0.15, 0.2) is 0 Å². The van der Waals surface area contributed by atoms with Crippen LogP contribution in [-0.4, -0.2) is 25.2 Å². The van der Waals surface area contributed by atoms with E-state index in [1.807, 2.05) is 13.8 Å². The standard InChI is InChI=1S/C16H25NO2/c1-12-7-9-13(10-8-12)15(2,3)11-17-16(4,5)14(18)19-6/h7-10,17H,11H2,1-6H3. The van der Waals surface area contributed by atoms with E-state index < -0.39 is 5.54 Å². The number of hydrogen-bond donors (Lipinski definition) is 1. The Morgan fingerprint density at radius 3 is 2.16 bits per heavy atom. The van der Waals surface area contributed by atoms with Crippen molar-refractivity contribution in [2.75, 3.05) is 13.7 Å². The second kappa shape index (κ2) is 5.74. The fraction of sp³-hybridized carbons (Fsp3) is 0.562. The minimum Gasteiger partial charge on any atom is -0.468 e. The average Bonchev–Trinajstić information content (AvgIpc) is 2.36. The van der Waals surface area contributed by atoms with E-state index in [4.69, 9.17) is 4.74 Å². The van der Waals surface area contributed by atoms with Gasteiger partial charge in [-0.05, 0) is 26.3 Å². The Balaban J connectivity index is 2.75. The number of esters is 1. The second-order valence-corrected chi connectivity index (χ2v) is 6.22. The summed E-state index contributed by atoms with van der Waals surface area (Å²) in [6.07, 6.45) is 0. The van der Waals surface area contributed by atoms with Crippen LogP contribution in [0.5, 0.6) is 0 Å². The van der Waals surface area contributed by atoms with Crippen molar-refractivity contribution in [3.8, 4) is 0 Å². The largest absolute Gasteiger partial charge is 0.468 e. The normalized spacial score (nSPS) is 12.3. The van der Waals surface area contributed by atoms with Gasteiger partial charge in [0.05, 0.1) is 7.11 Å². The molecule has 19 heavy (non-hydrogen) atoms. The van der Waals surface area contributed by atoms with Crippen LogP contribution in [0.2, 0.25) is 0 Å². The van der Waals surface area contributed by atoms with Gasteiger partial charge in [-0.2, -0.15) is 0 Å². The topological polar surface area (TPSA) is 38.3 Å². The second-order valence-electron chi connectivity index (χ2n) is 6.22. The molecule has 0 aromatic heterocycles. The first-order valence-electron chi connectivity index (χ1n) is 6.59. The maximum Gasteiger partial charge on any atom is 0.325 e. The first kappa shape index (κ1) is 15.7. The highest BCUT2D eigenvalue weighted by Crippen LogP contribution is 2.23. The number of aryl methyl sites for hydroxylation is 1. The van der Waals surface area contributed by atoms with Crippen molar-refractivity contribution in [1.82, 2.24) is 5.32 Å². The van der Waals surface area contributed by atoms with Gasteiger partial charge in [-0.3, -0.25) is 4.79 Å². The summed E-state index contributed by atoms with van der Waals surface area (Å²) in [7, 11) is 1.41. The molecule has 0 fully saturated rings. The van der Waals surface area contributed by atoms with Gasteiger partial charge in [0.25, 0.3) is 0 Å². The summed E-state index contributed by atoms with van der Waals surface area (Å²) in [4.78, 5) is 11.6. The molecule has 0 radical (unpaired) electrons. The van der Waals surface area contributed by atoms with Gasteiger partial charge in [0.2, 0.25) is 0 Å². The van der Waals surface area contributed by atoms with E-state index in [2.05, 4.69) is 50.4 Å². The quantitative estimate of drug-likeness (QED) is 0.830. The van der Waals surface area contributed by atoms with Gasteiger partial charge in [-0.15, -0.1) is 0 Å². The van der Waals surface area contributed by atoms with Crippen LogP contribution < -0.4 is 5.32 Å². The number of carbonyl (C=O) groups excluding carboxylic acids is 1. The maximum absolute atomic E-state index is 11.6. The third-order valence-electron chi connectivity index (χ3n) is 3.50. The van der Waals surface area contributed by atoms with E-state index in [0.29, 0.717) is 6.54 Å². The zero-order chi connectivity index (χ0) is 14.7. The first-order valence-corrected chi connectivity index (χ1v) is 6.59. The zero-order valence-electron chi connectivity index (χ0n) is 12.8. The molecule has 1 rings (SSSR count). The molecule has 106 valence electrons. The summed E-state index contributed by atoms with van der Waals surface area (Å²) in [6.45, 7) is 10.8. The van der Waals surface area contributed by atoms with Gasteiger partial charge in [-0.25, -0.2) is 0 Å². The molecule has 1 aromatic carbocycles. The number of hydrogen-bond acceptors (Lipinski definition) is 3. The Hall–Kier alpha value is -1.35. The molecule has 0 spiro atoms. The Morgan fingerprint density at radius 1 is 1.16 bits per heavy atom. The van der Waals surface area contributed by atoms with Crippen molar-refractivity contribution >= 4 is 5.97 Å². The van der Waals surface area contributed by atoms with Crippen LogP contribution in [0.3, 0.4) is 0 Å². The highest BCUT2D eigenvalue weighted by atomic mass is 16.5. The first-order chi connectivity index (χ1) is 8.69. The van der Waals surface area contributed by atoms with Crippen molar-refractivity contribution in [3.63, 3.8) is 0 Å². The third-order valence-corrected chi connectivity index (χ3v) is 3.50.